The lowest BCUT2D eigenvalue weighted by Gasteiger charge is -2.42. The van der Waals surface area contributed by atoms with Crippen LogP contribution in [0.3, 0.4) is 0 Å². The van der Waals surface area contributed by atoms with Crippen LogP contribution in [0, 0.1) is 6.92 Å². The van der Waals surface area contributed by atoms with Gasteiger partial charge in [-0.2, -0.15) is 10.1 Å². The number of fused-ring (bicyclic) bond motifs is 1. The molecule has 0 bridgehead atoms. The van der Waals surface area contributed by atoms with Gasteiger partial charge in [0.1, 0.15) is 17.3 Å². The van der Waals surface area contributed by atoms with Crippen LogP contribution in [0.15, 0.2) is 45.9 Å². The predicted molar refractivity (Wildman–Crippen MR) is 156 cm³/mol. The molecule has 0 spiro atoms. The summed E-state index contributed by atoms with van der Waals surface area (Å²) in [5.74, 6) is 0.110. The van der Waals surface area contributed by atoms with E-state index in [0.29, 0.717) is 17.2 Å². The van der Waals surface area contributed by atoms with Crippen LogP contribution in [0.2, 0.25) is 15.1 Å². The Bertz CT molecular complexity index is 1510. The maximum atomic E-state index is 12.9. The minimum absolute atomic E-state index is 0.106. The molecule has 2 amide bonds. The number of hydrogen-bond donors (Lipinski definition) is 1. The molecule has 1 aliphatic carbocycles. The second-order valence-corrected chi connectivity index (χ2v) is 12.9. The van der Waals surface area contributed by atoms with Crippen LogP contribution in [-0.4, -0.2) is 17.6 Å². The van der Waals surface area contributed by atoms with Crippen LogP contribution < -0.4 is 10.3 Å². The second-order valence-electron chi connectivity index (χ2n) is 11.6. The maximum Gasteiger partial charge on any atom is 0.292 e. The van der Waals surface area contributed by atoms with Gasteiger partial charge < -0.3 is 9.73 Å². The molecule has 0 saturated carbocycles. The van der Waals surface area contributed by atoms with Crippen LogP contribution in [0.4, 0.5) is 5.69 Å². The van der Waals surface area contributed by atoms with Crippen molar-refractivity contribution in [2.24, 2.45) is 5.10 Å². The zero-order valence-corrected chi connectivity index (χ0v) is 24.8. The third-order valence-electron chi connectivity index (χ3n) is 7.79. The van der Waals surface area contributed by atoms with Crippen molar-refractivity contribution in [2.75, 3.05) is 5.01 Å². The lowest BCUT2D eigenvalue weighted by atomic mass is 9.62. The van der Waals surface area contributed by atoms with Crippen molar-refractivity contribution in [3.05, 3.63) is 85.2 Å². The summed E-state index contributed by atoms with van der Waals surface area (Å²) in [5, 5.41) is 8.66. The number of hydrogen-bond acceptors (Lipinski definition) is 4. The fourth-order valence-corrected chi connectivity index (χ4v) is 6.32. The zero-order valence-electron chi connectivity index (χ0n) is 22.5. The first kappa shape index (κ1) is 27.8. The van der Waals surface area contributed by atoms with Crippen LogP contribution in [0.5, 0.6) is 0 Å². The molecular formula is C30H30Cl3N3O3. The second kappa shape index (κ2) is 9.99. The van der Waals surface area contributed by atoms with Crippen molar-refractivity contribution in [3.63, 3.8) is 0 Å². The van der Waals surface area contributed by atoms with Crippen LogP contribution >= 0.6 is 34.8 Å². The predicted octanol–water partition coefficient (Wildman–Crippen LogP) is 7.97. The molecular weight excluding hydrogens is 557 g/mol. The molecule has 1 aromatic heterocycles. The Kier molecular flexibility index (Phi) is 7.11. The molecule has 0 fully saturated rings. The van der Waals surface area contributed by atoms with Gasteiger partial charge in [0.15, 0.2) is 5.76 Å². The fourth-order valence-electron chi connectivity index (χ4n) is 5.34. The van der Waals surface area contributed by atoms with E-state index in [-0.39, 0.29) is 50.5 Å². The molecule has 0 atom stereocenters. The SMILES string of the molecule is Cc1cc2c(cc1Cc1ccc(C(=O)NC3=NN(c4c(Cl)cc(Cl)cc4Cl)C(=O)C3)o1)C(C)(C)CCC2(C)C. The first-order chi connectivity index (χ1) is 18.2. The smallest absolute Gasteiger partial charge is 0.292 e. The molecule has 5 rings (SSSR count). The molecule has 6 nitrogen and oxygen atoms in total. The Hall–Kier alpha value is -2.80. The van der Waals surface area contributed by atoms with E-state index in [2.05, 4.69) is 57.2 Å². The van der Waals surface area contributed by atoms with Gasteiger partial charge in [-0.15, -0.1) is 0 Å². The molecule has 1 aliphatic heterocycles. The van der Waals surface area contributed by atoms with Crippen molar-refractivity contribution in [3.8, 4) is 0 Å². The highest BCUT2D eigenvalue weighted by atomic mass is 35.5. The van der Waals surface area contributed by atoms with Gasteiger partial charge in [-0.1, -0.05) is 74.6 Å². The lowest BCUT2D eigenvalue weighted by molar-refractivity contribution is -0.116. The summed E-state index contributed by atoms with van der Waals surface area (Å²) in [5.41, 5.74) is 5.66. The summed E-state index contributed by atoms with van der Waals surface area (Å²) >= 11 is 18.5. The van der Waals surface area contributed by atoms with Gasteiger partial charge in [0.25, 0.3) is 11.8 Å². The summed E-state index contributed by atoms with van der Waals surface area (Å²) in [6.07, 6.45) is 2.76. The van der Waals surface area contributed by atoms with E-state index in [1.807, 2.05) is 6.07 Å². The number of hydrazone groups is 1. The first-order valence-electron chi connectivity index (χ1n) is 12.8. The van der Waals surface area contributed by atoms with Gasteiger partial charge in [0.05, 0.1) is 16.5 Å². The number of furan rings is 1. The molecule has 3 aromatic rings. The van der Waals surface area contributed by atoms with Crippen LogP contribution in [0.1, 0.15) is 85.5 Å². The number of benzene rings is 2. The highest BCUT2D eigenvalue weighted by Crippen LogP contribution is 2.46. The first-order valence-corrected chi connectivity index (χ1v) is 14.0. The molecule has 0 radical (unpaired) electrons. The standard InChI is InChI=1S/C30H30Cl3N3O3/c1-16-10-20-21(30(4,5)9-8-29(20,2)3)12-17(16)11-19-6-7-24(39-19)28(38)34-25-15-26(37)36(35-25)27-22(32)13-18(31)14-23(27)33/h6-7,10,12-14H,8-9,11,15H2,1-5H3,(H,34,35,38). The number of rotatable bonds is 4. The zero-order chi connectivity index (χ0) is 28.3. The van der Waals surface area contributed by atoms with Crippen molar-refractivity contribution in [2.45, 2.75) is 71.1 Å². The van der Waals surface area contributed by atoms with E-state index in [1.54, 1.807) is 6.07 Å². The Morgan fingerprint density at radius 3 is 2.26 bits per heavy atom. The molecule has 39 heavy (non-hydrogen) atoms. The van der Waals surface area contributed by atoms with E-state index in [4.69, 9.17) is 39.2 Å². The number of carbonyl (C=O) groups excluding carboxylic acids is 2. The lowest BCUT2D eigenvalue weighted by Crippen LogP contribution is -2.34. The van der Waals surface area contributed by atoms with Gasteiger partial charge in [-0.3, -0.25) is 9.59 Å². The summed E-state index contributed by atoms with van der Waals surface area (Å²) in [6.45, 7) is 11.4. The Balaban J connectivity index is 1.33. The average molecular weight is 587 g/mol. The van der Waals surface area contributed by atoms with Crippen LogP contribution in [0.25, 0.3) is 0 Å². The van der Waals surface area contributed by atoms with Gasteiger partial charge in [0.2, 0.25) is 0 Å². The summed E-state index contributed by atoms with van der Waals surface area (Å²) < 4.78 is 5.92. The van der Waals surface area contributed by atoms with Crippen LogP contribution in [-0.2, 0) is 22.0 Å². The number of amidine groups is 1. The van der Waals surface area contributed by atoms with Gasteiger partial charge in [-0.05, 0) is 77.1 Å². The monoisotopic (exact) mass is 585 g/mol. The minimum atomic E-state index is -0.493. The average Bonchev–Trinajstić information content (AvgIpc) is 3.44. The van der Waals surface area contributed by atoms with E-state index in [9.17, 15) is 9.59 Å². The molecule has 2 aliphatic rings. The van der Waals surface area contributed by atoms with Gasteiger partial charge in [-0.25, -0.2) is 0 Å². The number of amides is 2. The number of halogens is 3. The maximum absolute atomic E-state index is 12.9. The van der Waals surface area contributed by atoms with Crippen molar-refractivity contribution < 1.29 is 14.0 Å². The Morgan fingerprint density at radius 2 is 1.62 bits per heavy atom. The number of nitrogens with zero attached hydrogens (tertiary/aromatic N) is 2. The highest BCUT2D eigenvalue weighted by Gasteiger charge is 2.37. The number of carbonyl (C=O) groups is 2. The largest absolute Gasteiger partial charge is 0.456 e. The topological polar surface area (TPSA) is 74.9 Å². The summed E-state index contributed by atoms with van der Waals surface area (Å²) in [7, 11) is 0. The molecule has 2 heterocycles. The molecule has 1 N–H and O–H groups in total. The normalized spacial score (nSPS) is 17.7. The highest BCUT2D eigenvalue weighted by molar-refractivity contribution is 6.42. The molecule has 0 unspecified atom stereocenters. The minimum Gasteiger partial charge on any atom is -0.456 e. The summed E-state index contributed by atoms with van der Waals surface area (Å²) in [6, 6.07) is 11.0. The van der Waals surface area contributed by atoms with Crippen molar-refractivity contribution in [1.82, 2.24) is 5.32 Å². The summed E-state index contributed by atoms with van der Waals surface area (Å²) in [4.78, 5) is 25.5. The van der Waals surface area contributed by atoms with E-state index >= 15 is 0 Å². The van der Waals surface area contributed by atoms with Crippen molar-refractivity contribution >= 4 is 58.1 Å². The molecule has 2 aromatic carbocycles. The number of aryl methyl sites for hydroxylation is 1. The van der Waals surface area contributed by atoms with Gasteiger partial charge in [0, 0.05) is 11.4 Å². The number of nitrogens with one attached hydrogen (secondary N) is 1. The molecule has 0 saturated heterocycles. The third kappa shape index (κ3) is 5.34. The van der Waals surface area contributed by atoms with Gasteiger partial charge >= 0.3 is 0 Å². The Labute approximate surface area is 243 Å². The molecule has 204 valence electrons. The quantitative estimate of drug-likeness (QED) is 0.337. The van der Waals surface area contributed by atoms with Crippen molar-refractivity contribution in [1.29, 1.82) is 0 Å². The molecule has 9 heteroatoms. The Morgan fingerprint density at radius 1 is 1.00 bits per heavy atom. The number of anilines is 1. The van der Waals surface area contributed by atoms with E-state index in [0.717, 1.165) is 17.9 Å². The van der Waals surface area contributed by atoms with E-state index in [1.165, 1.54) is 34.4 Å². The third-order valence-corrected chi connectivity index (χ3v) is 8.58. The van der Waals surface area contributed by atoms with E-state index < -0.39 is 5.91 Å². The fraction of sp³-hybridized carbons (Fsp3) is 0.367.